The fraction of sp³-hybridized carbons (Fsp3) is 0.300. The molecule has 8 heteroatoms. The molecule has 0 spiro atoms. The van der Waals surface area contributed by atoms with E-state index in [0.717, 1.165) is 65.5 Å². The molecule has 1 aromatic carbocycles. The van der Waals surface area contributed by atoms with Crippen LogP contribution in [-0.2, 0) is 0 Å². The molecule has 1 saturated heterocycles. The monoisotopic (exact) mass is 393 g/mol. The molecule has 0 radical (unpaired) electrons. The molecule has 2 aliphatic rings. The van der Waals surface area contributed by atoms with E-state index in [0.29, 0.717) is 5.92 Å². The highest BCUT2D eigenvalue weighted by Crippen LogP contribution is 2.36. The van der Waals surface area contributed by atoms with Gasteiger partial charge in [0.1, 0.15) is 0 Å². The first-order chi connectivity index (χ1) is 13.8. The van der Waals surface area contributed by atoms with E-state index in [-0.39, 0.29) is 6.79 Å². The van der Waals surface area contributed by atoms with Crippen molar-refractivity contribution in [1.29, 1.82) is 0 Å². The highest BCUT2D eigenvalue weighted by atomic mass is 32.1. The van der Waals surface area contributed by atoms with Gasteiger partial charge in [0, 0.05) is 36.1 Å². The summed E-state index contributed by atoms with van der Waals surface area (Å²) in [6.45, 7) is 5.62. The minimum Gasteiger partial charge on any atom is -0.454 e. The predicted octanol–water partition coefficient (Wildman–Crippen LogP) is 4.04. The normalized spacial score (nSPS) is 18.3. The van der Waals surface area contributed by atoms with E-state index in [9.17, 15) is 0 Å². The average molecular weight is 393 g/mol. The number of hydrogen-bond acceptors (Lipinski definition) is 8. The Morgan fingerprint density at radius 1 is 1.18 bits per heavy atom. The van der Waals surface area contributed by atoms with Gasteiger partial charge in [-0.1, -0.05) is 0 Å². The van der Waals surface area contributed by atoms with E-state index in [1.54, 1.807) is 0 Å². The third kappa shape index (κ3) is 3.20. The van der Waals surface area contributed by atoms with Gasteiger partial charge in [-0.05, 0) is 43.8 Å². The first-order valence-electron chi connectivity index (χ1n) is 9.20. The van der Waals surface area contributed by atoms with E-state index < -0.39 is 0 Å². The molecule has 7 nitrogen and oxygen atoms in total. The van der Waals surface area contributed by atoms with Gasteiger partial charge in [-0.25, -0.2) is 19.9 Å². The lowest BCUT2D eigenvalue weighted by Gasteiger charge is -2.32. The summed E-state index contributed by atoms with van der Waals surface area (Å²) < 4.78 is 10.9. The standard InChI is InChI=1S/C20H19N5O2S/c1-21-20-24-16(11-28-20)14-3-2-8-25(10-14)19-22-7-6-15(23-19)13-4-5-17-18(9-13)27-12-26-17/h4-7,9,11,14H,1-3,8,10,12H2. The Balaban J connectivity index is 1.39. The van der Waals surface area contributed by atoms with Crippen molar-refractivity contribution in [3.05, 3.63) is 41.5 Å². The molecule has 5 rings (SSSR count). The molecular weight excluding hydrogens is 374 g/mol. The predicted molar refractivity (Wildman–Crippen MR) is 109 cm³/mol. The third-order valence-electron chi connectivity index (χ3n) is 5.08. The highest BCUT2D eigenvalue weighted by Gasteiger charge is 2.25. The second-order valence-corrected chi connectivity index (χ2v) is 7.64. The van der Waals surface area contributed by atoms with Crippen LogP contribution in [0.2, 0.25) is 0 Å². The van der Waals surface area contributed by atoms with Gasteiger partial charge in [0.25, 0.3) is 0 Å². The Labute approximate surface area is 166 Å². The molecule has 1 atom stereocenters. The van der Waals surface area contributed by atoms with Crippen molar-refractivity contribution in [2.45, 2.75) is 18.8 Å². The topological polar surface area (TPSA) is 72.7 Å². The summed E-state index contributed by atoms with van der Waals surface area (Å²) in [6.07, 6.45) is 4.00. The third-order valence-corrected chi connectivity index (χ3v) is 5.87. The summed E-state index contributed by atoms with van der Waals surface area (Å²) in [5.41, 5.74) is 2.95. The Kier molecular flexibility index (Phi) is 4.40. The lowest BCUT2D eigenvalue weighted by atomic mass is 9.96. The lowest BCUT2D eigenvalue weighted by molar-refractivity contribution is 0.174. The molecule has 142 valence electrons. The minimum absolute atomic E-state index is 0.267. The van der Waals surface area contributed by atoms with Crippen molar-refractivity contribution >= 4 is 29.1 Å². The number of rotatable bonds is 4. The maximum absolute atomic E-state index is 5.49. The van der Waals surface area contributed by atoms with Crippen LogP contribution < -0.4 is 14.4 Å². The molecule has 2 aromatic heterocycles. The number of aromatic nitrogens is 3. The molecule has 0 aliphatic carbocycles. The van der Waals surface area contributed by atoms with E-state index in [2.05, 4.69) is 32.0 Å². The fourth-order valence-corrected chi connectivity index (χ4v) is 4.36. The van der Waals surface area contributed by atoms with E-state index >= 15 is 0 Å². The van der Waals surface area contributed by atoms with Gasteiger partial charge in [-0.3, -0.25) is 0 Å². The molecule has 1 fully saturated rings. The molecule has 0 saturated carbocycles. The lowest BCUT2D eigenvalue weighted by Crippen LogP contribution is -2.35. The minimum atomic E-state index is 0.267. The van der Waals surface area contributed by atoms with Crippen LogP contribution in [0.25, 0.3) is 11.3 Å². The zero-order chi connectivity index (χ0) is 18.9. The van der Waals surface area contributed by atoms with Crippen LogP contribution in [0.1, 0.15) is 24.5 Å². The maximum atomic E-state index is 5.49. The zero-order valence-corrected chi connectivity index (χ0v) is 16.1. The Hall–Kier alpha value is -3.00. The van der Waals surface area contributed by atoms with Crippen LogP contribution in [0.3, 0.4) is 0 Å². The molecule has 2 aliphatic heterocycles. The Morgan fingerprint density at radius 2 is 2.11 bits per heavy atom. The van der Waals surface area contributed by atoms with Crippen molar-refractivity contribution in [2.75, 3.05) is 24.8 Å². The van der Waals surface area contributed by atoms with Gasteiger partial charge < -0.3 is 14.4 Å². The van der Waals surface area contributed by atoms with Gasteiger partial charge in [0.2, 0.25) is 17.9 Å². The van der Waals surface area contributed by atoms with Crippen LogP contribution in [-0.4, -0.2) is 41.6 Å². The summed E-state index contributed by atoms with van der Waals surface area (Å²) in [7, 11) is 0. The highest BCUT2D eigenvalue weighted by molar-refractivity contribution is 7.13. The van der Waals surface area contributed by atoms with Crippen molar-refractivity contribution in [3.8, 4) is 22.8 Å². The summed E-state index contributed by atoms with van der Waals surface area (Å²) >= 11 is 1.54. The largest absolute Gasteiger partial charge is 0.454 e. The molecule has 0 bridgehead atoms. The number of ether oxygens (including phenoxy) is 2. The van der Waals surface area contributed by atoms with E-state index in [1.807, 2.05) is 30.5 Å². The number of hydrogen-bond donors (Lipinski definition) is 0. The summed E-state index contributed by atoms with van der Waals surface area (Å²) in [5, 5.41) is 2.82. The van der Waals surface area contributed by atoms with Crippen molar-refractivity contribution in [2.24, 2.45) is 4.99 Å². The van der Waals surface area contributed by atoms with Crippen LogP contribution in [0.4, 0.5) is 11.1 Å². The molecule has 3 aromatic rings. The van der Waals surface area contributed by atoms with E-state index in [1.165, 1.54) is 11.3 Å². The first kappa shape index (κ1) is 17.1. The number of piperidine rings is 1. The summed E-state index contributed by atoms with van der Waals surface area (Å²) in [4.78, 5) is 20.1. The summed E-state index contributed by atoms with van der Waals surface area (Å²) in [6, 6.07) is 7.80. The van der Waals surface area contributed by atoms with Crippen molar-refractivity contribution in [3.63, 3.8) is 0 Å². The second-order valence-electron chi connectivity index (χ2n) is 6.81. The Morgan fingerprint density at radius 3 is 3.00 bits per heavy atom. The van der Waals surface area contributed by atoms with Crippen molar-refractivity contribution in [1.82, 2.24) is 15.0 Å². The van der Waals surface area contributed by atoms with Crippen LogP contribution in [0.5, 0.6) is 11.5 Å². The van der Waals surface area contributed by atoms with Gasteiger partial charge in [-0.15, -0.1) is 11.3 Å². The van der Waals surface area contributed by atoms with Crippen LogP contribution >= 0.6 is 11.3 Å². The smallest absolute Gasteiger partial charge is 0.231 e. The summed E-state index contributed by atoms with van der Waals surface area (Å²) in [5.74, 6) is 2.63. The number of benzene rings is 1. The van der Waals surface area contributed by atoms with Gasteiger partial charge >= 0.3 is 0 Å². The number of fused-ring (bicyclic) bond motifs is 1. The first-order valence-corrected chi connectivity index (χ1v) is 10.1. The molecule has 28 heavy (non-hydrogen) atoms. The molecule has 1 unspecified atom stereocenters. The van der Waals surface area contributed by atoms with Crippen molar-refractivity contribution < 1.29 is 9.47 Å². The number of anilines is 1. The maximum Gasteiger partial charge on any atom is 0.231 e. The number of nitrogens with zero attached hydrogens (tertiary/aromatic N) is 5. The van der Waals surface area contributed by atoms with Gasteiger partial charge in [-0.2, -0.15) is 0 Å². The number of thiazole rings is 1. The van der Waals surface area contributed by atoms with Gasteiger partial charge in [0.15, 0.2) is 11.5 Å². The fourth-order valence-electron chi connectivity index (χ4n) is 3.65. The molecule has 0 amide bonds. The molecule has 4 heterocycles. The van der Waals surface area contributed by atoms with Crippen LogP contribution in [0.15, 0.2) is 40.8 Å². The average Bonchev–Trinajstić information content (AvgIpc) is 3.43. The Bertz CT molecular complexity index is 1020. The van der Waals surface area contributed by atoms with Gasteiger partial charge in [0.05, 0.1) is 11.4 Å². The molecular formula is C20H19N5O2S. The number of aliphatic imine (C=N–C) groups is 1. The van der Waals surface area contributed by atoms with Crippen LogP contribution in [0, 0.1) is 0 Å². The SMILES string of the molecule is C=Nc1nc(C2CCCN(c3nccc(-c4ccc5c(c4)OCO5)n3)C2)cs1. The van der Waals surface area contributed by atoms with E-state index in [4.69, 9.17) is 14.5 Å². The second kappa shape index (κ2) is 7.20. The zero-order valence-electron chi connectivity index (χ0n) is 15.2. The molecule has 0 N–H and O–H groups in total. The quantitative estimate of drug-likeness (QED) is 0.623.